The molecule has 2 aromatic rings. The van der Waals surface area contributed by atoms with Crippen LogP contribution in [0.5, 0.6) is 0 Å². The van der Waals surface area contributed by atoms with E-state index in [2.05, 4.69) is 19.1 Å². The summed E-state index contributed by atoms with van der Waals surface area (Å²) < 4.78 is 11.2. The van der Waals surface area contributed by atoms with Crippen molar-refractivity contribution in [3.63, 3.8) is 0 Å². The van der Waals surface area contributed by atoms with E-state index in [1.54, 1.807) is 12.0 Å². The molecule has 168 valence electrons. The molecular formula is C25H32ClNO4. The predicted molar refractivity (Wildman–Crippen MR) is 123 cm³/mol. The van der Waals surface area contributed by atoms with Crippen molar-refractivity contribution in [1.29, 1.82) is 0 Å². The smallest absolute Gasteiger partial charge is 0.209 e. The highest BCUT2D eigenvalue weighted by Gasteiger charge is 2.43. The van der Waals surface area contributed by atoms with Crippen LogP contribution in [0.3, 0.4) is 0 Å². The maximum absolute atomic E-state index is 12.1. The third kappa shape index (κ3) is 5.47. The van der Waals surface area contributed by atoms with Gasteiger partial charge in [0, 0.05) is 37.4 Å². The number of carbonyl (C=O) groups is 1. The van der Waals surface area contributed by atoms with Crippen molar-refractivity contribution in [1.82, 2.24) is 4.90 Å². The van der Waals surface area contributed by atoms with E-state index < -0.39 is 11.7 Å². The quantitative estimate of drug-likeness (QED) is 0.434. The Morgan fingerprint density at radius 1 is 1.29 bits per heavy atom. The molecule has 0 spiro atoms. The second-order valence-corrected chi connectivity index (χ2v) is 8.46. The van der Waals surface area contributed by atoms with E-state index in [0.29, 0.717) is 37.7 Å². The molecule has 0 saturated carbocycles. The number of amides is 1. The minimum absolute atomic E-state index is 0.339. The number of hydrogen-bond donors (Lipinski definition) is 1. The molecule has 3 rings (SSSR count). The summed E-state index contributed by atoms with van der Waals surface area (Å²) in [6, 6.07) is 13.9. The Labute approximate surface area is 189 Å². The fraction of sp³-hybridized carbons (Fsp3) is 0.480. The van der Waals surface area contributed by atoms with Crippen molar-refractivity contribution in [2.45, 2.75) is 44.3 Å². The van der Waals surface area contributed by atoms with Gasteiger partial charge in [0.1, 0.15) is 11.7 Å². The molecular weight excluding hydrogens is 414 g/mol. The molecule has 1 amide bonds. The van der Waals surface area contributed by atoms with Gasteiger partial charge in [0.15, 0.2) is 0 Å². The Kier molecular flexibility index (Phi) is 8.50. The summed E-state index contributed by atoms with van der Waals surface area (Å²) in [7, 11) is 1.67. The molecule has 6 heteroatoms. The van der Waals surface area contributed by atoms with E-state index >= 15 is 0 Å². The largest absolute Gasteiger partial charge is 0.385 e. The summed E-state index contributed by atoms with van der Waals surface area (Å²) >= 11 is 6.71. The van der Waals surface area contributed by atoms with Gasteiger partial charge in [0.25, 0.3) is 0 Å². The van der Waals surface area contributed by atoms with Crippen LogP contribution in [0, 0.1) is 0 Å². The lowest BCUT2D eigenvalue weighted by Crippen LogP contribution is -2.52. The van der Waals surface area contributed by atoms with Gasteiger partial charge < -0.3 is 19.5 Å². The van der Waals surface area contributed by atoms with Crippen molar-refractivity contribution < 1.29 is 19.4 Å². The average molecular weight is 446 g/mol. The van der Waals surface area contributed by atoms with Crippen molar-refractivity contribution in [2.75, 3.05) is 33.4 Å². The monoisotopic (exact) mass is 445 g/mol. The van der Waals surface area contributed by atoms with Gasteiger partial charge in [-0.25, -0.2) is 0 Å². The molecule has 0 aromatic heterocycles. The molecule has 2 aromatic carbocycles. The zero-order valence-electron chi connectivity index (χ0n) is 18.4. The number of unbranched alkanes of at least 4 members (excludes halogenated alkanes) is 1. The number of benzene rings is 2. The van der Waals surface area contributed by atoms with Gasteiger partial charge in [-0.2, -0.15) is 0 Å². The topological polar surface area (TPSA) is 59.0 Å². The number of aryl methyl sites for hydroxylation is 1. The first-order valence-electron chi connectivity index (χ1n) is 10.9. The number of halogens is 1. The minimum atomic E-state index is -1.29. The molecule has 1 N–H and O–H groups in total. The van der Waals surface area contributed by atoms with E-state index in [9.17, 15) is 9.90 Å². The zero-order valence-corrected chi connectivity index (χ0v) is 19.1. The van der Waals surface area contributed by atoms with Gasteiger partial charge in [0.05, 0.1) is 6.61 Å². The van der Waals surface area contributed by atoms with Crippen molar-refractivity contribution in [3.8, 4) is 11.1 Å². The maximum atomic E-state index is 12.1. The summed E-state index contributed by atoms with van der Waals surface area (Å²) in [4.78, 5) is 13.1. The SMILES string of the molecule is CCc1cccc(-c2c(Cl)cccc2[C@@](O)(CCCCOC)[C@H]2CN(C=O)CCO2)c1. The number of methoxy groups -OCH3 is 1. The lowest BCUT2D eigenvalue weighted by Gasteiger charge is -2.42. The van der Waals surface area contributed by atoms with Crippen LogP contribution < -0.4 is 0 Å². The first kappa shape index (κ1) is 23.7. The number of hydrogen-bond acceptors (Lipinski definition) is 4. The van der Waals surface area contributed by atoms with Gasteiger partial charge in [-0.3, -0.25) is 4.79 Å². The molecule has 0 aliphatic carbocycles. The third-order valence-electron chi connectivity index (χ3n) is 6.04. The number of morpholine rings is 1. The van der Waals surface area contributed by atoms with Crippen LogP contribution in [0.1, 0.15) is 37.3 Å². The fourth-order valence-corrected chi connectivity index (χ4v) is 4.57. The fourth-order valence-electron chi connectivity index (χ4n) is 4.29. The number of ether oxygens (including phenoxy) is 2. The van der Waals surface area contributed by atoms with Crippen LogP contribution in [-0.4, -0.2) is 55.9 Å². The molecule has 2 atom stereocenters. The Morgan fingerprint density at radius 3 is 2.84 bits per heavy atom. The lowest BCUT2D eigenvalue weighted by molar-refractivity contribution is -0.158. The molecule has 0 radical (unpaired) electrons. The van der Waals surface area contributed by atoms with E-state index in [0.717, 1.165) is 42.4 Å². The first-order valence-corrected chi connectivity index (χ1v) is 11.3. The van der Waals surface area contributed by atoms with Gasteiger partial charge in [0.2, 0.25) is 6.41 Å². The summed E-state index contributed by atoms with van der Waals surface area (Å²) in [5, 5.41) is 12.7. The molecule has 1 aliphatic heterocycles. The van der Waals surface area contributed by atoms with Gasteiger partial charge in [-0.15, -0.1) is 0 Å². The molecule has 1 heterocycles. The molecule has 1 saturated heterocycles. The maximum Gasteiger partial charge on any atom is 0.209 e. The Balaban J connectivity index is 2.08. The van der Waals surface area contributed by atoms with E-state index in [-0.39, 0.29) is 0 Å². The summed E-state index contributed by atoms with van der Waals surface area (Å²) in [6.07, 6.45) is 3.25. The Bertz CT molecular complexity index is 874. The number of aliphatic hydroxyl groups is 1. The van der Waals surface area contributed by atoms with Gasteiger partial charge in [-0.1, -0.05) is 54.9 Å². The average Bonchev–Trinajstić information content (AvgIpc) is 2.81. The summed E-state index contributed by atoms with van der Waals surface area (Å²) in [5.74, 6) is 0. The van der Waals surface area contributed by atoms with E-state index in [1.807, 2.05) is 30.3 Å². The summed E-state index contributed by atoms with van der Waals surface area (Å²) in [5.41, 5.74) is 2.44. The van der Waals surface area contributed by atoms with Crippen LogP contribution >= 0.6 is 11.6 Å². The predicted octanol–water partition coefficient (Wildman–Crippen LogP) is 4.43. The molecule has 0 bridgehead atoms. The highest BCUT2D eigenvalue weighted by molar-refractivity contribution is 6.33. The molecule has 0 unspecified atom stereocenters. The summed E-state index contributed by atoms with van der Waals surface area (Å²) in [6.45, 7) is 4.00. The Hall–Kier alpha value is -1.92. The molecule has 1 fully saturated rings. The highest BCUT2D eigenvalue weighted by atomic mass is 35.5. The minimum Gasteiger partial charge on any atom is -0.385 e. The van der Waals surface area contributed by atoms with Gasteiger partial charge >= 0.3 is 0 Å². The normalized spacial score (nSPS) is 18.6. The van der Waals surface area contributed by atoms with Crippen molar-refractivity contribution in [2.24, 2.45) is 0 Å². The van der Waals surface area contributed by atoms with Crippen LogP contribution in [0.25, 0.3) is 11.1 Å². The first-order chi connectivity index (χ1) is 15.0. The second kappa shape index (κ2) is 11.1. The zero-order chi connectivity index (χ0) is 22.3. The van der Waals surface area contributed by atoms with Crippen LogP contribution in [0.15, 0.2) is 42.5 Å². The number of nitrogens with zero attached hydrogens (tertiary/aromatic N) is 1. The van der Waals surface area contributed by atoms with E-state index in [1.165, 1.54) is 5.56 Å². The van der Waals surface area contributed by atoms with E-state index in [4.69, 9.17) is 21.1 Å². The second-order valence-electron chi connectivity index (χ2n) is 8.05. The molecule has 5 nitrogen and oxygen atoms in total. The Morgan fingerprint density at radius 2 is 2.10 bits per heavy atom. The number of rotatable bonds is 10. The third-order valence-corrected chi connectivity index (χ3v) is 6.35. The van der Waals surface area contributed by atoms with Crippen molar-refractivity contribution >= 4 is 18.0 Å². The standard InChI is InChI=1S/C25H32ClNO4/c1-3-19-8-6-9-20(16-19)24-21(10-7-11-22(24)26)25(29,12-4-5-14-30-2)23-17-27(18-28)13-15-31-23/h6-11,16,18,23,29H,3-5,12-15,17H2,1-2H3/t23-,25+/m1/s1. The van der Waals surface area contributed by atoms with Crippen LogP contribution in [0.2, 0.25) is 5.02 Å². The van der Waals surface area contributed by atoms with Crippen LogP contribution in [-0.2, 0) is 26.3 Å². The lowest BCUT2D eigenvalue weighted by atomic mass is 9.79. The highest BCUT2D eigenvalue weighted by Crippen LogP contribution is 2.43. The van der Waals surface area contributed by atoms with Crippen molar-refractivity contribution in [3.05, 3.63) is 58.6 Å². The van der Waals surface area contributed by atoms with Gasteiger partial charge in [-0.05, 0) is 48.4 Å². The molecule has 1 aliphatic rings. The van der Waals surface area contributed by atoms with Crippen LogP contribution in [0.4, 0.5) is 0 Å². The molecule has 31 heavy (non-hydrogen) atoms. The number of carbonyl (C=O) groups excluding carboxylic acids is 1.